The van der Waals surface area contributed by atoms with Crippen molar-refractivity contribution >= 4 is 5.97 Å². The van der Waals surface area contributed by atoms with E-state index in [2.05, 4.69) is 4.90 Å². The van der Waals surface area contributed by atoms with Crippen molar-refractivity contribution in [3.8, 4) is 0 Å². The van der Waals surface area contributed by atoms with Crippen LogP contribution in [0.3, 0.4) is 0 Å². The second-order valence-electron chi connectivity index (χ2n) is 5.05. The molecule has 0 amide bonds. The van der Waals surface area contributed by atoms with Crippen molar-refractivity contribution in [3.05, 3.63) is 35.1 Å². The number of carboxylic acids is 1. The number of hydrogen-bond acceptors (Lipinski definition) is 3. The van der Waals surface area contributed by atoms with Crippen LogP contribution >= 0.6 is 0 Å². The zero-order valence-corrected chi connectivity index (χ0v) is 11.6. The SMILES string of the molecule is CCOC1CCN(Cc2ccc(C(=O)O)c(F)c2)CC1. The average molecular weight is 281 g/mol. The summed E-state index contributed by atoms with van der Waals surface area (Å²) in [7, 11) is 0. The van der Waals surface area contributed by atoms with Gasteiger partial charge in [-0.1, -0.05) is 6.07 Å². The van der Waals surface area contributed by atoms with E-state index in [1.165, 1.54) is 12.1 Å². The van der Waals surface area contributed by atoms with Crippen LogP contribution in [0.5, 0.6) is 0 Å². The number of carbonyl (C=O) groups is 1. The van der Waals surface area contributed by atoms with E-state index in [1.54, 1.807) is 6.07 Å². The van der Waals surface area contributed by atoms with Crippen molar-refractivity contribution in [3.63, 3.8) is 0 Å². The minimum absolute atomic E-state index is 0.274. The lowest BCUT2D eigenvalue weighted by molar-refractivity contribution is 0.0125. The van der Waals surface area contributed by atoms with Crippen LogP contribution < -0.4 is 0 Å². The molecule has 0 aromatic heterocycles. The molecule has 110 valence electrons. The second kappa shape index (κ2) is 6.81. The van der Waals surface area contributed by atoms with Crippen LogP contribution in [0, 0.1) is 5.82 Å². The van der Waals surface area contributed by atoms with E-state index in [4.69, 9.17) is 9.84 Å². The zero-order valence-electron chi connectivity index (χ0n) is 11.6. The summed E-state index contributed by atoms with van der Waals surface area (Å²) in [5.74, 6) is -1.90. The normalized spacial score (nSPS) is 17.3. The molecule has 1 N–H and O–H groups in total. The number of piperidine rings is 1. The molecule has 1 aliphatic heterocycles. The Morgan fingerprint density at radius 1 is 1.45 bits per heavy atom. The van der Waals surface area contributed by atoms with E-state index in [0.717, 1.165) is 38.1 Å². The maximum Gasteiger partial charge on any atom is 0.338 e. The maximum absolute atomic E-state index is 13.6. The third kappa shape index (κ3) is 3.77. The zero-order chi connectivity index (χ0) is 14.5. The summed E-state index contributed by atoms with van der Waals surface area (Å²) < 4.78 is 19.2. The summed E-state index contributed by atoms with van der Waals surface area (Å²) >= 11 is 0. The molecule has 1 aromatic rings. The summed E-state index contributed by atoms with van der Waals surface area (Å²) in [6, 6.07) is 4.33. The van der Waals surface area contributed by atoms with Crippen LogP contribution in [0.2, 0.25) is 0 Å². The molecule has 20 heavy (non-hydrogen) atoms. The van der Waals surface area contributed by atoms with Gasteiger partial charge >= 0.3 is 5.97 Å². The van der Waals surface area contributed by atoms with E-state index >= 15 is 0 Å². The standard InChI is InChI=1S/C15H20FNO3/c1-2-20-12-5-7-17(8-6-12)10-11-3-4-13(15(18)19)14(16)9-11/h3-4,9,12H,2,5-8,10H2,1H3,(H,18,19). The number of rotatable bonds is 5. The van der Waals surface area contributed by atoms with Gasteiger partial charge in [-0.05, 0) is 37.5 Å². The molecule has 0 spiro atoms. The first-order valence-electron chi connectivity index (χ1n) is 6.95. The highest BCUT2D eigenvalue weighted by Crippen LogP contribution is 2.17. The van der Waals surface area contributed by atoms with E-state index in [-0.39, 0.29) is 5.56 Å². The molecule has 4 nitrogen and oxygen atoms in total. The predicted octanol–water partition coefficient (Wildman–Crippen LogP) is 2.52. The van der Waals surface area contributed by atoms with Gasteiger partial charge in [-0.25, -0.2) is 9.18 Å². The van der Waals surface area contributed by atoms with Gasteiger partial charge in [-0.3, -0.25) is 4.90 Å². The highest BCUT2D eigenvalue weighted by Gasteiger charge is 2.19. The highest BCUT2D eigenvalue weighted by atomic mass is 19.1. The lowest BCUT2D eigenvalue weighted by Crippen LogP contribution is -2.36. The lowest BCUT2D eigenvalue weighted by atomic mass is 10.1. The fourth-order valence-electron chi connectivity index (χ4n) is 2.56. The van der Waals surface area contributed by atoms with Crippen molar-refractivity contribution in [2.24, 2.45) is 0 Å². The highest BCUT2D eigenvalue weighted by molar-refractivity contribution is 5.87. The van der Waals surface area contributed by atoms with Crippen LogP contribution in [-0.4, -0.2) is 41.8 Å². The van der Waals surface area contributed by atoms with Gasteiger partial charge in [0.15, 0.2) is 0 Å². The first-order chi connectivity index (χ1) is 9.60. The molecule has 0 saturated carbocycles. The summed E-state index contributed by atoms with van der Waals surface area (Å²) in [5.41, 5.74) is 0.533. The molecular weight excluding hydrogens is 261 g/mol. The Morgan fingerprint density at radius 2 is 2.15 bits per heavy atom. The van der Waals surface area contributed by atoms with Gasteiger partial charge in [-0.15, -0.1) is 0 Å². The van der Waals surface area contributed by atoms with E-state index in [9.17, 15) is 9.18 Å². The Labute approximate surface area is 118 Å². The number of aromatic carboxylic acids is 1. The van der Waals surface area contributed by atoms with Gasteiger partial charge in [-0.2, -0.15) is 0 Å². The Balaban J connectivity index is 1.91. The molecule has 1 fully saturated rings. The maximum atomic E-state index is 13.6. The molecule has 0 atom stereocenters. The number of likely N-dealkylation sites (tertiary alicyclic amines) is 1. The number of benzene rings is 1. The molecule has 1 aliphatic rings. The van der Waals surface area contributed by atoms with Gasteiger partial charge in [0.25, 0.3) is 0 Å². The lowest BCUT2D eigenvalue weighted by Gasteiger charge is -2.31. The van der Waals surface area contributed by atoms with Crippen LogP contribution in [0.1, 0.15) is 35.7 Å². The molecule has 0 bridgehead atoms. The summed E-state index contributed by atoms with van der Waals surface area (Å²) in [6.07, 6.45) is 2.31. The van der Waals surface area contributed by atoms with Crippen molar-refractivity contribution < 1.29 is 19.0 Å². The molecule has 0 unspecified atom stereocenters. The topological polar surface area (TPSA) is 49.8 Å². The van der Waals surface area contributed by atoms with Crippen molar-refractivity contribution in [1.29, 1.82) is 0 Å². The monoisotopic (exact) mass is 281 g/mol. The van der Waals surface area contributed by atoms with Gasteiger partial charge < -0.3 is 9.84 Å². The fraction of sp³-hybridized carbons (Fsp3) is 0.533. The Kier molecular flexibility index (Phi) is 5.09. The molecule has 1 saturated heterocycles. The fourth-order valence-corrected chi connectivity index (χ4v) is 2.56. The largest absolute Gasteiger partial charge is 0.478 e. The summed E-state index contributed by atoms with van der Waals surface area (Å²) in [6.45, 7) is 5.24. The van der Waals surface area contributed by atoms with Crippen LogP contribution in [-0.2, 0) is 11.3 Å². The molecule has 1 heterocycles. The smallest absolute Gasteiger partial charge is 0.338 e. The van der Waals surface area contributed by atoms with Gasteiger partial charge in [0.2, 0.25) is 0 Å². The van der Waals surface area contributed by atoms with Crippen LogP contribution in [0.4, 0.5) is 4.39 Å². The van der Waals surface area contributed by atoms with E-state index < -0.39 is 11.8 Å². The number of nitrogens with zero attached hydrogens (tertiary/aromatic N) is 1. The van der Waals surface area contributed by atoms with Crippen molar-refractivity contribution in [2.45, 2.75) is 32.4 Å². The molecule has 1 aromatic carbocycles. The van der Waals surface area contributed by atoms with Crippen LogP contribution in [0.15, 0.2) is 18.2 Å². The van der Waals surface area contributed by atoms with Gasteiger partial charge in [0.05, 0.1) is 11.7 Å². The molecule has 0 aliphatic carbocycles. The second-order valence-corrected chi connectivity index (χ2v) is 5.05. The third-order valence-electron chi connectivity index (χ3n) is 3.61. The van der Waals surface area contributed by atoms with E-state index in [0.29, 0.717) is 12.6 Å². The number of ether oxygens (including phenoxy) is 1. The molecular formula is C15H20FNO3. The summed E-state index contributed by atoms with van der Waals surface area (Å²) in [5, 5.41) is 8.79. The quantitative estimate of drug-likeness (QED) is 0.901. The van der Waals surface area contributed by atoms with Crippen molar-refractivity contribution in [1.82, 2.24) is 4.90 Å². The third-order valence-corrected chi connectivity index (χ3v) is 3.61. The minimum atomic E-state index is -1.23. The van der Waals surface area contributed by atoms with Gasteiger partial charge in [0, 0.05) is 26.2 Å². The Hall–Kier alpha value is -1.46. The van der Waals surface area contributed by atoms with Crippen LogP contribution in [0.25, 0.3) is 0 Å². The predicted molar refractivity (Wildman–Crippen MR) is 73.3 cm³/mol. The Morgan fingerprint density at radius 3 is 2.70 bits per heavy atom. The number of halogens is 1. The average Bonchev–Trinajstić information content (AvgIpc) is 2.41. The minimum Gasteiger partial charge on any atom is -0.478 e. The first kappa shape index (κ1) is 14.9. The van der Waals surface area contributed by atoms with Crippen molar-refractivity contribution in [2.75, 3.05) is 19.7 Å². The van der Waals surface area contributed by atoms with Gasteiger partial charge in [0.1, 0.15) is 5.82 Å². The summed E-state index contributed by atoms with van der Waals surface area (Å²) in [4.78, 5) is 13.0. The molecule has 0 radical (unpaired) electrons. The molecule has 2 rings (SSSR count). The molecule has 5 heteroatoms. The van der Waals surface area contributed by atoms with E-state index in [1.807, 2.05) is 6.92 Å². The first-order valence-corrected chi connectivity index (χ1v) is 6.95. The Bertz CT molecular complexity index is 470. The number of carboxylic acid groups (broad SMARTS) is 1. The number of hydrogen-bond donors (Lipinski definition) is 1.